The fourth-order valence-electron chi connectivity index (χ4n) is 5.04. The lowest BCUT2D eigenvalue weighted by atomic mass is 9.66. The summed E-state index contributed by atoms with van der Waals surface area (Å²) in [7, 11) is 0. The number of rotatable bonds is 3. The topological polar surface area (TPSA) is 29.5 Å². The molecule has 1 spiro atoms. The zero-order valence-corrected chi connectivity index (χ0v) is 12.7. The number of amides is 1. The zero-order chi connectivity index (χ0) is 13.8. The SMILES string of the molecule is CCCN1C(=O)C23CCC(C[C@H]2O[C@H]1CC)C3(C)C. The van der Waals surface area contributed by atoms with Crippen LogP contribution in [-0.2, 0) is 9.53 Å². The molecule has 3 fully saturated rings. The Morgan fingerprint density at radius 1 is 1.37 bits per heavy atom. The highest BCUT2D eigenvalue weighted by atomic mass is 16.5. The van der Waals surface area contributed by atoms with Gasteiger partial charge in [0.1, 0.15) is 6.23 Å². The van der Waals surface area contributed by atoms with Crippen LogP contribution in [0.15, 0.2) is 0 Å². The van der Waals surface area contributed by atoms with Crippen molar-refractivity contribution in [3.63, 3.8) is 0 Å². The molecule has 3 nitrogen and oxygen atoms in total. The van der Waals surface area contributed by atoms with Gasteiger partial charge in [-0.3, -0.25) is 4.79 Å². The summed E-state index contributed by atoms with van der Waals surface area (Å²) in [5, 5.41) is 0. The summed E-state index contributed by atoms with van der Waals surface area (Å²) in [4.78, 5) is 15.2. The highest BCUT2D eigenvalue weighted by Gasteiger charge is 2.71. The maximum absolute atomic E-state index is 13.2. The van der Waals surface area contributed by atoms with Gasteiger partial charge in [0.2, 0.25) is 5.91 Å². The number of ether oxygens (including phenoxy) is 1. The van der Waals surface area contributed by atoms with Crippen molar-refractivity contribution in [2.75, 3.05) is 6.54 Å². The fourth-order valence-corrected chi connectivity index (χ4v) is 5.04. The molecular formula is C16H27NO2. The quantitative estimate of drug-likeness (QED) is 0.784. The summed E-state index contributed by atoms with van der Waals surface area (Å²) < 4.78 is 6.36. The average Bonchev–Trinajstić information content (AvgIpc) is 2.77. The molecule has 0 N–H and O–H groups in total. The maximum Gasteiger partial charge on any atom is 0.234 e. The molecule has 2 bridgehead atoms. The van der Waals surface area contributed by atoms with Gasteiger partial charge in [0, 0.05) is 6.54 Å². The summed E-state index contributed by atoms with van der Waals surface area (Å²) >= 11 is 0. The van der Waals surface area contributed by atoms with E-state index in [0.717, 1.165) is 32.2 Å². The second-order valence-electron chi connectivity index (χ2n) is 7.15. The van der Waals surface area contributed by atoms with Crippen LogP contribution in [0.5, 0.6) is 0 Å². The summed E-state index contributed by atoms with van der Waals surface area (Å²) in [6, 6.07) is 0. The van der Waals surface area contributed by atoms with Crippen LogP contribution in [-0.4, -0.2) is 29.7 Å². The molecule has 4 atom stereocenters. The third-order valence-electron chi connectivity index (χ3n) is 6.23. The molecule has 2 unspecified atom stereocenters. The minimum Gasteiger partial charge on any atom is -0.354 e. The second kappa shape index (κ2) is 4.21. The van der Waals surface area contributed by atoms with Gasteiger partial charge in [-0.05, 0) is 43.4 Å². The molecule has 19 heavy (non-hydrogen) atoms. The van der Waals surface area contributed by atoms with E-state index in [4.69, 9.17) is 4.74 Å². The van der Waals surface area contributed by atoms with E-state index in [-0.39, 0.29) is 23.2 Å². The Morgan fingerprint density at radius 3 is 2.68 bits per heavy atom. The molecule has 0 aromatic heterocycles. The van der Waals surface area contributed by atoms with Crippen LogP contribution < -0.4 is 0 Å². The van der Waals surface area contributed by atoms with Crippen LogP contribution >= 0.6 is 0 Å². The van der Waals surface area contributed by atoms with Crippen LogP contribution in [0.25, 0.3) is 0 Å². The first kappa shape index (κ1) is 13.4. The van der Waals surface area contributed by atoms with E-state index in [9.17, 15) is 4.79 Å². The van der Waals surface area contributed by atoms with Crippen LogP contribution in [0.2, 0.25) is 0 Å². The Morgan fingerprint density at radius 2 is 2.11 bits per heavy atom. The van der Waals surface area contributed by atoms with Crippen LogP contribution in [0, 0.1) is 16.7 Å². The van der Waals surface area contributed by atoms with Crippen molar-refractivity contribution >= 4 is 5.91 Å². The monoisotopic (exact) mass is 265 g/mol. The minimum absolute atomic E-state index is 0.0122. The number of carbonyl (C=O) groups is 1. The molecule has 108 valence electrons. The van der Waals surface area contributed by atoms with E-state index < -0.39 is 0 Å². The third kappa shape index (κ3) is 1.45. The van der Waals surface area contributed by atoms with Gasteiger partial charge in [-0.2, -0.15) is 0 Å². The van der Waals surface area contributed by atoms with E-state index in [0.29, 0.717) is 11.8 Å². The first-order valence-electron chi connectivity index (χ1n) is 7.95. The molecule has 3 rings (SSSR count). The summed E-state index contributed by atoms with van der Waals surface area (Å²) in [6.07, 6.45) is 5.43. The Kier molecular flexibility index (Phi) is 2.97. The first-order valence-corrected chi connectivity index (χ1v) is 7.95. The van der Waals surface area contributed by atoms with Crippen molar-refractivity contribution in [1.82, 2.24) is 4.90 Å². The third-order valence-corrected chi connectivity index (χ3v) is 6.23. The van der Waals surface area contributed by atoms with Crippen molar-refractivity contribution < 1.29 is 9.53 Å². The number of fused-ring (bicyclic) bond motifs is 1. The zero-order valence-electron chi connectivity index (χ0n) is 12.7. The van der Waals surface area contributed by atoms with Gasteiger partial charge in [-0.1, -0.05) is 27.7 Å². The summed E-state index contributed by atoms with van der Waals surface area (Å²) in [6.45, 7) is 9.69. The van der Waals surface area contributed by atoms with E-state index in [2.05, 4.69) is 27.7 Å². The minimum atomic E-state index is -0.224. The molecule has 3 aliphatic rings. The molecule has 0 aromatic carbocycles. The highest BCUT2D eigenvalue weighted by Crippen LogP contribution is 2.68. The van der Waals surface area contributed by atoms with Crippen LogP contribution in [0.1, 0.15) is 59.8 Å². The fraction of sp³-hybridized carbons (Fsp3) is 0.938. The molecule has 1 heterocycles. The van der Waals surface area contributed by atoms with E-state index in [1.165, 1.54) is 6.42 Å². The molecule has 3 heteroatoms. The second-order valence-corrected chi connectivity index (χ2v) is 7.15. The Bertz CT molecular complexity index is 392. The van der Waals surface area contributed by atoms with Gasteiger partial charge in [-0.25, -0.2) is 0 Å². The Hall–Kier alpha value is -0.570. The van der Waals surface area contributed by atoms with Gasteiger partial charge < -0.3 is 9.64 Å². The van der Waals surface area contributed by atoms with E-state index in [1.54, 1.807) is 0 Å². The normalized spacial score (nSPS) is 43.7. The lowest BCUT2D eigenvalue weighted by Crippen LogP contribution is -2.62. The maximum atomic E-state index is 13.2. The Labute approximate surface area is 116 Å². The molecular weight excluding hydrogens is 238 g/mol. The van der Waals surface area contributed by atoms with E-state index in [1.807, 2.05) is 4.90 Å². The smallest absolute Gasteiger partial charge is 0.234 e. The van der Waals surface area contributed by atoms with Crippen molar-refractivity contribution in [3.8, 4) is 0 Å². The predicted octanol–water partition coefficient (Wildman–Crippen LogP) is 3.19. The molecule has 2 saturated carbocycles. The molecule has 1 amide bonds. The molecule has 1 aliphatic heterocycles. The Balaban J connectivity index is 1.99. The highest BCUT2D eigenvalue weighted by molar-refractivity contribution is 5.86. The standard InChI is InChI=1S/C16H27NO2/c1-5-9-17-13(6-2)19-12-10-11-7-8-16(12,14(17)18)15(11,3)4/h11-13H,5-10H2,1-4H3/t11?,12-,13+,16?/m1/s1. The van der Waals surface area contributed by atoms with Gasteiger partial charge in [0.05, 0.1) is 11.5 Å². The van der Waals surface area contributed by atoms with Crippen LogP contribution in [0.4, 0.5) is 0 Å². The lowest BCUT2D eigenvalue weighted by molar-refractivity contribution is -0.214. The summed E-state index contributed by atoms with van der Waals surface area (Å²) in [5.74, 6) is 1.06. The molecule has 2 aliphatic carbocycles. The van der Waals surface area contributed by atoms with Gasteiger partial charge in [-0.15, -0.1) is 0 Å². The molecule has 1 saturated heterocycles. The number of carbonyl (C=O) groups excluding carboxylic acids is 1. The van der Waals surface area contributed by atoms with Gasteiger partial charge in [0.25, 0.3) is 0 Å². The van der Waals surface area contributed by atoms with Gasteiger partial charge in [0.15, 0.2) is 0 Å². The number of nitrogens with zero attached hydrogens (tertiary/aromatic N) is 1. The van der Waals surface area contributed by atoms with Crippen molar-refractivity contribution in [2.45, 2.75) is 72.1 Å². The van der Waals surface area contributed by atoms with E-state index >= 15 is 0 Å². The van der Waals surface area contributed by atoms with Gasteiger partial charge >= 0.3 is 0 Å². The first-order chi connectivity index (χ1) is 8.99. The number of hydrogen-bond donors (Lipinski definition) is 0. The van der Waals surface area contributed by atoms with Crippen molar-refractivity contribution in [2.24, 2.45) is 16.7 Å². The molecule has 0 aromatic rings. The lowest BCUT2D eigenvalue weighted by Gasteiger charge is -2.51. The largest absolute Gasteiger partial charge is 0.354 e. The molecule has 0 radical (unpaired) electrons. The summed E-state index contributed by atoms with van der Waals surface area (Å²) in [5.41, 5.74) is -0.113. The average molecular weight is 265 g/mol. The van der Waals surface area contributed by atoms with Crippen LogP contribution in [0.3, 0.4) is 0 Å². The number of hydrogen-bond acceptors (Lipinski definition) is 2. The van der Waals surface area contributed by atoms with Crippen molar-refractivity contribution in [1.29, 1.82) is 0 Å². The van der Waals surface area contributed by atoms with Crippen molar-refractivity contribution in [3.05, 3.63) is 0 Å². The predicted molar refractivity (Wildman–Crippen MR) is 74.5 cm³/mol.